The highest BCUT2D eigenvalue weighted by atomic mass is 15.0. The quantitative estimate of drug-likeness (QED) is 0.145. The van der Waals surface area contributed by atoms with Gasteiger partial charge < -0.3 is 9.13 Å². The van der Waals surface area contributed by atoms with Gasteiger partial charge in [0.25, 0.3) is 0 Å². The van der Waals surface area contributed by atoms with Crippen LogP contribution in [0.5, 0.6) is 0 Å². The lowest BCUT2D eigenvalue weighted by atomic mass is 9.78. The van der Waals surface area contributed by atoms with Crippen LogP contribution in [0.3, 0.4) is 0 Å². The zero-order valence-electron chi connectivity index (χ0n) is 34.2. The first-order valence-electron chi connectivity index (χ1n) is 21.4. The molecule has 290 valence electrons. The number of nitrogens with zero attached hydrogens (tertiary/aromatic N) is 2. The minimum Gasteiger partial charge on any atom is -0.341 e. The van der Waals surface area contributed by atoms with E-state index in [0.29, 0.717) is 0 Å². The summed E-state index contributed by atoms with van der Waals surface area (Å²) in [5, 5.41) is 4.98. The van der Waals surface area contributed by atoms with Crippen molar-refractivity contribution in [3.8, 4) is 61.6 Å². The normalized spacial score (nSPS) is 12.6. The molecule has 2 heterocycles. The molecule has 0 bridgehead atoms. The Hall–Kier alpha value is -7.68. The standard InChI is InChI=1S/C59H44N2/c1-2-60-50-37-23-22-36-48(50)49-40-47(38-39-51(49)60)61-58(45-32-18-8-19-33-45)56-54(43-28-14-6-15-29-43)52(41-24-10-3-4-11-25-41)53(42-26-12-5-13-27-42)55(44-30-16-7-17-31-44)57(56)59(61)46-34-20-9-21-35-46/h3-10,12-40H,2,11H2,1H3. The lowest BCUT2D eigenvalue weighted by Gasteiger charge is -2.24. The van der Waals surface area contributed by atoms with E-state index in [2.05, 4.69) is 241 Å². The summed E-state index contributed by atoms with van der Waals surface area (Å²) in [5.41, 5.74) is 18.0. The molecule has 0 amide bonds. The highest BCUT2D eigenvalue weighted by Crippen LogP contribution is 2.56. The number of rotatable bonds is 8. The van der Waals surface area contributed by atoms with Gasteiger partial charge in [-0.3, -0.25) is 0 Å². The van der Waals surface area contributed by atoms with E-state index in [4.69, 9.17) is 0 Å². The van der Waals surface area contributed by atoms with E-state index in [-0.39, 0.29) is 0 Å². The van der Waals surface area contributed by atoms with Crippen LogP contribution in [0.25, 0.3) is 99.7 Å². The third kappa shape index (κ3) is 6.10. The zero-order valence-corrected chi connectivity index (χ0v) is 34.2. The molecule has 2 heteroatoms. The maximum Gasteiger partial charge on any atom is 0.0620 e. The van der Waals surface area contributed by atoms with Crippen LogP contribution in [0.2, 0.25) is 0 Å². The first-order chi connectivity index (χ1) is 30.3. The van der Waals surface area contributed by atoms with Gasteiger partial charge >= 0.3 is 0 Å². The molecule has 0 fully saturated rings. The number of hydrogen-bond acceptors (Lipinski definition) is 0. The van der Waals surface area contributed by atoms with Crippen molar-refractivity contribution in [2.45, 2.75) is 19.9 Å². The third-order valence-electron chi connectivity index (χ3n) is 12.3. The van der Waals surface area contributed by atoms with Crippen LogP contribution in [0, 0.1) is 0 Å². The molecule has 0 saturated heterocycles. The Morgan fingerprint density at radius 3 is 1.46 bits per heavy atom. The van der Waals surface area contributed by atoms with Crippen LogP contribution in [0.4, 0.5) is 0 Å². The van der Waals surface area contributed by atoms with Gasteiger partial charge in [0.05, 0.1) is 11.4 Å². The summed E-state index contributed by atoms with van der Waals surface area (Å²) in [7, 11) is 0. The van der Waals surface area contributed by atoms with E-state index in [1.54, 1.807) is 0 Å². The Balaban J connectivity index is 1.46. The van der Waals surface area contributed by atoms with Gasteiger partial charge in [0, 0.05) is 55.9 Å². The number of allylic oxidation sites excluding steroid dienone is 6. The van der Waals surface area contributed by atoms with Crippen LogP contribution < -0.4 is 0 Å². The fourth-order valence-electron chi connectivity index (χ4n) is 9.81. The monoisotopic (exact) mass is 780 g/mol. The fraction of sp³-hybridized carbons (Fsp3) is 0.0508. The van der Waals surface area contributed by atoms with E-state index >= 15 is 0 Å². The molecule has 0 saturated carbocycles. The van der Waals surface area contributed by atoms with Gasteiger partial charge in [0.1, 0.15) is 0 Å². The third-order valence-corrected chi connectivity index (χ3v) is 12.3. The van der Waals surface area contributed by atoms with E-state index in [1.165, 1.54) is 88.5 Å². The molecule has 61 heavy (non-hydrogen) atoms. The topological polar surface area (TPSA) is 9.86 Å². The minimum absolute atomic E-state index is 0.844. The molecule has 0 aliphatic heterocycles. The average molecular weight is 781 g/mol. The summed E-state index contributed by atoms with van der Waals surface area (Å²) in [6.07, 6.45) is 12.2. The summed E-state index contributed by atoms with van der Waals surface area (Å²) in [5.74, 6) is 0. The van der Waals surface area contributed by atoms with Crippen molar-refractivity contribution in [1.29, 1.82) is 0 Å². The molecular formula is C59H44N2. The number of fused-ring (bicyclic) bond motifs is 4. The summed E-state index contributed by atoms with van der Waals surface area (Å²) >= 11 is 0. The molecule has 11 rings (SSSR count). The van der Waals surface area contributed by atoms with Crippen LogP contribution in [0.15, 0.2) is 225 Å². The predicted molar refractivity (Wildman–Crippen MR) is 260 cm³/mol. The Morgan fingerprint density at radius 2 is 0.902 bits per heavy atom. The largest absolute Gasteiger partial charge is 0.341 e. The number of benzene rings is 8. The van der Waals surface area contributed by atoms with Crippen molar-refractivity contribution < 1.29 is 0 Å². The second kappa shape index (κ2) is 15.5. The van der Waals surface area contributed by atoms with Gasteiger partial charge in [-0.15, -0.1) is 0 Å². The van der Waals surface area contributed by atoms with Crippen LogP contribution in [0.1, 0.15) is 18.9 Å². The van der Waals surface area contributed by atoms with Gasteiger partial charge in [-0.25, -0.2) is 0 Å². The smallest absolute Gasteiger partial charge is 0.0620 e. The maximum absolute atomic E-state index is 2.59. The van der Waals surface area contributed by atoms with E-state index in [9.17, 15) is 0 Å². The molecular weight excluding hydrogens is 737 g/mol. The van der Waals surface area contributed by atoms with Crippen molar-refractivity contribution in [3.05, 3.63) is 230 Å². The van der Waals surface area contributed by atoms with Gasteiger partial charge in [0.15, 0.2) is 0 Å². The highest BCUT2D eigenvalue weighted by Gasteiger charge is 2.32. The van der Waals surface area contributed by atoms with Crippen LogP contribution >= 0.6 is 0 Å². The molecule has 2 aromatic heterocycles. The number of hydrogen-bond donors (Lipinski definition) is 0. The van der Waals surface area contributed by atoms with Crippen molar-refractivity contribution in [1.82, 2.24) is 9.13 Å². The zero-order chi connectivity index (χ0) is 40.7. The Kier molecular flexibility index (Phi) is 9.24. The predicted octanol–water partition coefficient (Wildman–Crippen LogP) is 16.0. The van der Waals surface area contributed by atoms with Crippen molar-refractivity contribution in [2.75, 3.05) is 0 Å². The van der Waals surface area contributed by atoms with Gasteiger partial charge in [-0.2, -0.15) is 0 Å². The average Bonchev–Trinajstić information content (AvgIpc) is 3.70. The number of para-hydroxylation sites is 1. The first kappa shape index (κ1) is 36.4. The molecule has 0 radical (unpaired) electrons. The molecule has 0 spiro atoms. The lowest BCUT2D eigenvalue weighted by Crippen LogP contribution is -2.00. The molecule has 0 unspecified atom stereocenters. The molecule has 0 atom stereocenters. The van der Waals surface area contributed by atoms with Crippen LogP contribution in [-0.2, 0) is 6.54 Å². The summed E-state index contributed by atoms with van der Waals surface area (Å²) in [6.45, 7) is 3.14. The molecule has 1 aliphatic rings. The molecule has 8 aromatic carbocycles. The van der Waals surface area contributed by atoms with E-state index in [0.717, 1.165) is 29.8 Å². The Morgan fingerprint density at radius 1 is 0.426 bits per heavy atom. The highest BCUT2D eigenvalue weighted by molar-refractivity contribution is 6.25. The minimum atomic E-state index is 0.844. The van der Waals surface area contributed by atoms with Crippen LogP contribution in [-0.4, -0.2) is 9.13 Å². The van der Waals surface area contributed by atoms with E-state index < -0.39 is 0 Å². The number of aryl methyl sites for hydroxylation is 1. The van der Waals surface area contributed by atoms with Crippen molar-refractivity contribution in [3.63, 3.8) is 0 Å². The first-order valence-corrected chi connectivity index (χ1v) is 21.4. The lowest BCUT2D eigenvalue weighted by molar-refractivity contribution is 0.827. The molecule has 10 aromatic rings. The summed E-state index contributed by atoms with van der Waals surface area (Å²) in [6, 6.07) is 71.4. The van der Waals surface area contributed by atoms with Crippen molar-refractivity contribution in [2.24, 2.45) is 0 Å². The molecule has 0 N–H and O–H groups in total. The fourth-order valence-corrected chi connectivity index (χ4v) is 9.81. The van der Waals surface area contributed by atoms with Gasteiger partial charge in [-0.05, 0) is 82.1 Å². The van der Waals surface area contributed by atoms with E-state index in [1.807, 2.05) is 0 Å². The second-order valence-electron chi connectivity index (χ2n) is 15.8. The van der Waals surface area contributed by atoms with Gasteiger partial charge in [-0.1, -0.05) is 200 Å². The number of aromatic nitrogens is 2. The summed E-state index contributed by atoms with van der Waals surface area (Å²) in [4.78, 5) is 0. The van der Waals surface area contributed by atoms with Crippen molar-refractivity contribution >= 4 is 38.2 Å². The summed E-state index contributed by atoms with van der Waals surface area (Å²) < 4.78 is 5.03. The Labute approximate surface area is 357 Å². The molecule has 1 aliphatic carbocycles. The second-order valence-corrected chi connectivity index (χ2v) is 15.8. The van der Waals surface area contributed by atoms with Gasteiger partial charge in [0.2, 0.25) is 0 Å². The maximum atomic E-state index is 2.59. The SMILES string of the molecule is CCn1c2ccccc2c2cc(-n3c(-c4ccccc4)c4c(-c5ccccc5)c(C5=CCC=CC=C5)c(-c5ccccc5)c(-c5ccccc5)c4c3-c3ccccc3)ccc21. The Bertz CT molecular complexity index is 3310. The molecule has 2 nitrogen and oxygen atoms in total.